The molecule has 0 aliphatic heterocycles. The largest absolute Gasteiger partial charge is 0.497 e. The van der Waals surface area contributed by atoms with Gasteiger partial charge in [0.1, 0.15) is 17.3 Å². The van der Waals surface area contributed by atoms with Gasteiger partial charge in [-0.25, -0.2) is 8.42 Å². The Kier molecular flexibility index (Phi) is 5.70. The van der Waals surface area contributed by atoms with E-state index in [9.17, 15) is 18.0 Å². The van der Waals surface area contributed by atoms with E-state index in [0.29, 0.717) is 11.4 Å². The molecule has 0 aliphatic carbocycles. The van der Waals surface area contributed by atoms with Crippen LogP contribution in [0.4, 0.5) is 5.69 Å². The number of nitrogens with one attached hydrogen (secondary N) is 1. The van der Waals surface area contributed by atoms with Crippen molar-refractivity contribution in [1.82, 2.24) is 0 Å². The fourth-order valence-corrected chi connectivity index (χ4v) is 3.19. The van der Waals surface area contributed by atoms with Crippen molar-refractivity contribution in [1.29, 1.82) is 0 Å². The van der Waals surface area contributed by atoms with E-state index in [0.717, 1.165) is 0 Å². The molecule has 2 aromatic carbocycles. The molecule has 1 N–H and O–H groups in total. The highest BCUT2D eigenvalue weighted by Gasteiger charge is 2.22. The number of ether oxygens (including phenoxy) is 1. The summed E-state index contributed by atoms with van der Waals surface area (Å²) in [6.45, 7) is 0. The fourth-order valence-electron chi connectivity index (χ4n) is 2.05. The van der Waals surface area contributed by atoms with Crippen LogP contribution in [0.25, 0.3) is 0 Å². The standard InChI is InChI=1S/C17H17NO5S/c1-23-15-9-5-6-13(10-15)16(19)11-24(21,22)12-17(20)18-14-7-3-2-4-8-14/h2-10H,11-12H2,1H3,(H,18,20). The Morgan fingerprint density at radius 1 is 1.00 bits per heavy atom. The third kappa shape index (κ3) is 5.20. The summed E-state index contributed by atoms with van der Waals surface area (Å²) in [4.78, 5) is 23.9. The van der Waals surface area contributed by atoms with E-state index < -0.39 is 33.0 Å². The number of ketones is 1. The van der Waals surface area contributed by atoms with Gasteiger partial charge in [-0.05, 0) is 24.3 Å². The van der Waals surface area contributed by atoms with Crippen LogP contribution in [0.5, 0.6) is 5.75 Å². The van der Waals surface area contributed by atoms with Gasteiger partial charge in [0, 0.05) is 11.3 Å². The summed E-state index contributed by atoms with van der Waals surface area (Å²) in [7, 11) is -2.42. The van der Waals surface area contributed by atoms with Crippen molar-refractivity contribution in [2.75, 3.05) is 23.9 Å². The smallest absolute Gasteiger partial charge is 0.239 e. The number of amides is 1. The maximum absolute atomic E-state index is 12.1. The van der Waals surface area contributed by atoms with Crippen LogP contribution in [-0.4, -0.2) is 38.7 Å². The van der Waals surface area contributed by atoms with E-state index in [4.69, 9.17) is 4.74 Å². The number of hydrogen-bond acceptors (Lipinski definition) is 5. The van der Waals surface area contributed by atoms with Gasteiger partial charge < -0.3 is 10.1 Å². The lowest BCUT2D eigenvalue weighted by Crippen LogP contribution is -2.27. The number of benzene rings is 2. The Morgan fingerprint density at radius 2 is 1.71 bits per heavy atom. The number of rotatable bonds is 7. The zero-order chi connectivity index (χ0) is 17.6. The monoisotopic (exact) mass is 347 g/mol. The predicted octanol–water partition coefficient (Wildman–Crippen LogP) is 1.93. The molecule has 6 nitrogen and oxygen atoms in total. The zero-order valence-electron chi connectivity index (χ0n) is 13.1. The van der Waals surface area contributed by atoms with Crippen molar-refractivity contribution in [3.05, 3.63) is 60.2 Å². The van der Waals surface area contributed by atoms with Crippen LogP contribution in [-0.2, 0) is 14.6 Å². The Hall–Kier alpha value is -2.67. The minimum absolute atomic E-state index is 0.224. The number of hydrogen-bond donors (Lipinski definition) is 1. The molecule has 0 bridgehead atoms. The molecule has 0 heterocycles. The Morgan fingerprint density at radius 3 is 2.38 bits per heavy atom. The summed E-state index contributed by atoms with van der Waals surface area (Å²) >= 11 is 0. The maximum atomic E-state index is 12.1. The second kappa shape index (κ2) is 7.74. The molecule has 0 saturated carbocycles. The number of anilines is 1. The molecule has 0 fully saturated rings. The van der Waals surface area contributed by atoms with Crippen molar-refractivity contribution in [2.24, 2.45) is 0 Å². The van der Waals surface area contributed by atoms with Gasteiger partial charge in [0.2, 0.25) is 5.91 Å². The highest BCUT2D eigenvalue weighted by atomic mass is 32.2. The minimum atomic E-state index is -3.87. The lowest BCUT2D eigenvalue weighted by Gasteiger charge is -2.07. The predicted molar refractivity (Wildman–Crippen MR) is 91.1 cm³/mol. The summed E-state index contributed by atoms with van der Waals surface area (Å²) < 4.78 is 29.1. The van der Waals surface area contributed by atoms with Crippen molar-refractivity contribution in [3.63, 3.8) is 0 Å². The molecule has 7 heteroatoms. The van der Waals surface area contributed by atoms with Gasteiger partial charge in [-0.3, -0.25) is 9.59 Å². The third-order valence-electron chi connectivity index (χ3n) is 3.15. The van der Waals surface area contributed by atoms with Crippen LogP contribution in [0.1, 0.15) is 10.4 Å². The molecule has 0 aliphatic rings. The second-order valence-electron chi connectivity index (χ2n) is 5.10. The van der Waals surface area contributed by atoms with Crippen molar-refractivity contribution in [2.45, 2.75) is 0 Å². The highest BCUT2D eigenvalue weighted by Crippen LogP contribution is 2.14. The van der Waals surface area contributed by atoms with E-state index >= 15 is 0 Å². The molecule has 0 saturated heterocycles. The van der Waals surface area contributed by atoms with Gasteiger partial charge >= 0.3 is 0 Å². The van der Waals surface area contributed by atoms with Crippen LogP contribution >= 0.6 is 0 Å². The highest BCUT2D eigenvalue weighted by molar-refractivity contribution is 7.92. The van der Waals surface area contributed by atoms with Crippen LogP contribution in [0.15, 0.2) is 54.6 Å². The second-order valence-corrected chi connectivity index (χ2v) is 7.17. The molecule has 0 aromatic heterocycles. The van der Waals surface area contributed by atoms with E-state index in [1.54, 1.807) is 42.5 Å². The quantitative estimate of drug-likeness (QED) is 0.773. The first-order chi connectivity index (χ1) is 11.4. The lowest BCUT2D eigenvalue weighted by atomic mass is 10.1. The molecule has 0 radical (unpaired) electrons. The molecule has 2 rings (SSSR count). The summed E-state index contributed by atoms with van der Waals surface area (Å²) in [5.74, 6) is -2.29. The summed E-state index contributed by atoms with van der Waals surface area (Å²) in [6.07, 6.45) is 0. The molecule has 1 amide bonds. The first-order valence-corrected chi connectivity index (χ1v) is 8.94. The fraction of sp³-hybridized carbons (Fsp3) is 0.176. The van der Waals surface area contributed by atoms with Crippen LogP contribution in [0, 0.1) is 0 Å². The molecule has 2 aromatic rings. The first kappa shape index (κ1) is 17.7. The number of sulfone groups is 1. The average molecular weight is 347 g/mol. The number of methoxy groups -OCH3 is 1. The zero-order valence-corrected chi connectivity index (χ0v) is 13.9. The van der Waals surface area contributed by atoms with Gasteiger partial charge in [-0.2, -0.15) is 0 Å². The van der Waals surface area contributed by atoms with Gasteiger partial charge in [-0.1, -0.05) is 30.3 Å². The maximum Gasteiger partial charge on any atom is 0.239 e. The van der Waals surface area contributed by atoms with Gasteiger partial charge in [-0.15, -0.1) is 0 Å². The van der Waals surface area contributed by atoms with E-state index in [-0.39, 0.29) is 5.56 Å². The van der Waals surface area contributed by atoms with Crippen molar-refractivity contribution >= 4 is 27.2 Å². The first-order valence-electron chi connectivity index (χ1n) is 7.12. The van der Waals surface area contributed by atoms with Gasteiger partial charge in [0.05, 0.1) is 7.11 Å². The summed E-state index contributed by atoms with van der Waals surface area (Å²) in [5, 5.41) is 2.48. The van der Waals surface area contributed by atoms with Gasteiger partial charge in [0.15, 0.2) is 15.6 Å². The molecule has 0 atom stereocenters. The molecule has 0 spiro atoms. The van der Waals surface area contributed by atoms with E-state index in [1.165, 1.54) is 19.2 Å². The van der Waals surface area contributed by atoms with E-state index in [2.05, 4.69) is 5.32 Å². The minimum Gasteiger partial charge on any atom is -0.497 e. The van der Waals surface area contributed by atoms with Crippen LogP contribution in [0.3, 0.4) is 0 Å². The Labute approximate surface area is 140 Å². The van der Waals surface area contributed by atoms with Crippen LogP contribution < -0.4 is 10.1 Å². The number of Topliss-reactive ketones (excluding diaryl/α,β-unsaturated/α-hetero) is 1. The number of para-hydroxylation sites is 1. The number of carbonyl (C=O) groups excluding carboxylic acids is 2. The van der Waals surface area contributed by atoms with Crippen molar-refractivity contribution < 1.29 is 22.7 Å². The topological polar surface area (TPSA) is 89.5 Å². The van der Waals surface area contributed by atoms with Gasteiger partial charge in [0.25, 0.3) is 0 Å². The molecular formula is C17H17NO5S. The summed E-state index contributed by atoms with van der Waals surface area (Å²) in [6, 6.07) is 14.7. The van der Waals surface area contributed by atoms with E-state index in [1.807, 2.05) is 0 Å². The van der Waals surface area contributed by atoms with Crippen molar-refractivity contribution in [3.8, 4) is 5.75 Å². The molecule has 0 unspecified atom stereocenters. The molecule has 24 heavy (non-hydrogen) atoms. The molecule has 126 valence electrons. The normalized spacial score (nSPS) is 10.9. The average Bonchev–Trinajstić information content (AvgIpc) is 2.54. The SMILES string of the molecule is COc1cccc(C(=O)CS(=O)(=O)CC(=O)Nc2ccccc2)c1. The lowest BCUT2D eigenvalue weighted by molar-refractivity contribution is -0.113. The molecular weight excluding hydrogens is 330 g/mol. The van der Waals surface area contributed by atoms with Crippen LogP contribution in [0.2, 0.25) is 0 Å². The number of carbonyl (C=O) groups is 2. The summed E-state index contributed by atoms with van der Waals surface area (Å²) in [5.41, 5.74) is 0.721. The Balaban J connectivity index is 1.99. The third-order valence-corrected chi connectivity index (χ3v) is 4.56. The Bertz CT molecular complexity index is 831.